The second-order valence-corrected chi connectivity index (χ2v) is 6.89. The Hall–Kier alpha value is -4.28. The van der Waals surface area contributed by atoms with Crippen molar-refractivity contribution < 1.29 is 19.0 Å². The third-order valence-corrected chi connectivity index (χ3v) is 4.94. The molecule has 0 saturated carbocycles. The lowest BCUT2D eigenvalue weighted by atomic mass is 10.2. The number of carbonyl (C=O) groups excluding carboxylic acids is 1. The second-order valence-electron chi connectivity index (χ2n) is 6.89. The summed E-state index contributed by atoms with van der Waals surface area (Å²) in [5.74, 6) is -0.198. The normalized spacial score (nSPS) is 11.0. The Labute approximate surface area is 181 Å². The zero-order valence-electron chi connectivity index (χ0n) is 17.1. The molecule has 0 amide bonds. The molecule has 0 N–H and O–H groups in total. The first-order valence-corrected chi connectivity index (χ1v) is 9.89. The number of ether oxygens (including phenoxy) is 1. The zero-order valence-corrected chi connectivity index (χ0v) is 17.1. The van der Waals surface area contributed by atoms with Crippen LogP contribution in [0.25, 0.3) is 22.4 Å². The molecule has 32 heavy (non-hydrogen) atoms. The van der Waals surface area contributed by atoms with Crippen LogP contribution in [-0.2, 0) is 29.2 Å². The molecule has 2 heterocycles. The topological polar surface area (TPSA) is 135 Å². The van der Waals surface area contributed by atoms with Gasteiger partial charge >= 0.3 is 11.7 Å². The van der Waals surface area contributed by atoms with E-state index < -0.39 is 10.9 Å². The number of fused-ring (bicyclic) bond motifs is 1. The summed E-state index contributed by atoms with van der Waals surface area (Å²) in [7, 11) is 0. The van der Waals surface area contributed by atoms with Gasteiger partial charge in [-0.3, -0.25) is 24.0 Å². The number of esters is 1. The fourth-order valence-corrected chi connectivity index (χ4v) is 3.37. The first-order valence-electron chi connectivity index (χ1n) is 9.89. The molecule has 11 nitrogen and oxygen atoms in total. The Morgan fingerprint density at radius 1 is 1.12 bits per heavy atom. The Morgan fingerprint density at radius 2 is 1.81 bits per heavy atom. The van der Waals surface area contributed by atoms with Crippen LogP contribution >= 0.6 is 0 Å². The zero-order chi connectivity index (χ0) is 22.7. The molecular weight excluding hydrogens is 418 g/mol. The molecule has 11 heteroatoms. The second kappa shape index (κ2) is 8.84. The lowest BCUT2D eigenvalue weighted by Crippen LogP contribution is -2.25. The summed E-state index contributed by atoms with van der Waals surface area (Å²) in [5.41, 5.74) is 1.89. The lowest BCUT2D eigenvalue weighted by Gasteiger charge is -2.04. The highest BCUT2D eigenvalue weighted by Crippen LogP contribution is 2.20. The molecule has 4 aromatic rings. The SMILES string of the molecule is CCn1c(=O)n(CCC(=O)OCc2nc(-c3ccc([N+](=O)[O-])cc3)no2)c2ccccc21. The van der Waals surface area contributed by atoms with Crippen molar-refractivity contribution in [3.05, 3.63) is 75.0 Å². The average molecular weight is 437 g/mol. The van der Waals surface area contributed by atoms with Crippen LogP contribution in [0.3, 0.4) is 0 Å². The first kappa shape index (κ1) is 21.0. The summed E-state index contributed by atoms with van der Waals surface area (Å²) in [6.45, 7) is 2.39. The molecule has 2 aromatic carbocycles. The predicted octanol–water partition coefficient (Wildman–Crippen LogP) is 2.91. The Morgan fingerprint density at radius 3 is 2.47 bits per heavy atom. The van der Waals surface area contributed by atoms with Crippen LogP contribution in [0.4, 0.5) is 5.69 Å². The van der Waals surface area contributed by atoms with Crippen molar-refractivity contribution in [1.29, 1.82) is 0 Å². The number of aromatic nitrogens is 4. The van der Waals surface area contributed by atoms with Gasteiger partial charge in [-0.25, -0.2) is 4.79 Å². The summed E-state index contributed by atoms with van der Waals surface area (Å²) in [5, 5.41) is 14.5. The molecule has 0 radical (unpaired) electrons. The molecule has 0 bridgehead atoms. The third-order valence-electron chi connectivity index (χ3n) is 4.94. The number of carbonyl (C=O) groups is 1. The van der Waals surface area contributed by atoms with Gasteiger partial charge in [0, 0.05) is 30.8 Å². The molecule has 0 aliphatic heterocycles. The molecule has 0 spiro atoms. The quantitative estimate of drug-likeness (QED) is 0.233. The monoisotopic (exact) mass is 437 g/mol. The maximum Gasteiger partial charge on any atom is 0.329 e. The van der Waals surface area contributed by atoms with E-state index in [1.54, 1.807) is 9.13 Å². The molecule has 4 rings (SSSR count). The highest BCUT2D eigenvalue weighted by atomic mass is 16.6. The number of imidazole rings is 1. The number of para-hydroxylation sites is 2. The van der Waals surface area contributed by atoms with E-state index in [0.717, 1.165) is 11.0 Å². The standard InChI is InChI=1S/C21H19N5O6/c1-2-24-16-5-3-4-6-17(16)25(21(24)28)12-11-19(27)31-13-18-22-20(23-32-18)14-7-9-15(10-8-14)26(29)30/h3-10H,2,11-13H2,1H3. The molecule has 0 fully saturated rings. The Kier molecular flexibility index (Phi) is 5.79. The number of aryl methyl sites for hydroxylation is 2. The van der Waals surface area contributed by atoms with E-state index in [4.69, 9.17) is 9.26 Å². The summed E-state index contributed by atoms with van der Waals surface area (Å²) >= 11 is 0. The summed E-state index contributed by atoms with van der Waals surface area (Å²) < 4.78 is 13.5. The maximum atomic E-state index is 12.6. The number of hydrogen-bond acceptors (Lipinski definition) is 8. The minimum atomic E-state index is -0.514. The van der Waals surface area contributed by atoms with Crippen LogP contribution < -0.4 is 5.69 Å². The lowest BCUT2D eigenvalue weighted by molar-refractivity contribution is -0.384. The van der Waals surface area contributed by atoms with Gasteiger partial charge in [0.2, 0.25) is 5.82 Å². The number of nitro benzene ring substituents is 1. The van der Waals surface area contributed by atoms with Crippen molar-refractivity contribution in [2.75, 3.05) is 0 Å². The number of benzene rings is 2. The molecule has 0 saturated heterocycles. The number of nitro groups is 1. The van der Waals surface area contributed by atoms with Gasteiger partial charge in [-0.2, -0.15) is 4.98 Å². The van der Waals surface area contributed by atoms with Gasteiger partial charge in [0.05, 0.1) is 22.4 Å². The highest BCUT2D eigenvalue weighted by molar-refractivity contribution is 5.76. The molecule has 0 aliphatic carbocycles. The Balaban J connectivity index is 1.36. The minimum Gasteiger partial charge on any atom is -0.456 e. The van der Waals surface area contributed by atoms with Crippen molar-refractivity contribution in [3.8, 4) is 11.4 Å². The summed E-state index contributed by atoms with van der Waals surface area (Å²) in [6.07, 6.45) is 0.000968. The van der Waals surface area contributed by atoms with Crippen molar-refractivity contribution in [2.24, 2.45) is 0 Å². The molecule has 0 atom stereocenters. The summed E-state index contributed by atoms with van der Waals surface area (Å²) in [6, 6.07) is 13.1. The van der Waals surface area contributed by atoms with Gasteiger partial charge < -0.3 is 9.26 Å². The van der Waals surface area contributed by atoms with E-state index in [9.17, 15) is 19.7 Å². The predicted molar refractivity (Wildman–Crippen MR) is 113 cm³/mol. The fourth-order valence-electron chi connectivity index (χ4n) is 3.37. The van der Waals surface area contributed by atoms with E-state index in [-0.39, 0.29) is 42.7 Å². The van der Waals surface area contributed by atoms with Gasteiger partial charge in [0.1, 0.15) is 0 Å². The summed E-state index contributed by atoms with van der Waals surface area (Å²) in [4.78, 5) is 39.2. The van der Waals surface area contributed by atoms with Gasteiger partial charge in [0.25, 0.3) is 11.6 Å². The highest BCUT2D eigenvalue weighted by Gasteiger charge is 2.15. The van der Waals surface area contributed by atoms with Crippen molar-refractivity contribution in [3.63, 3.8) is 0 Å². The average Bonchev–Trinajstić information content (AvgIpc) is 3.38. The van der Waals surface area contributed by atoms with Crippen LogP contribution in [0.2, 0.25) is 0 Å². The molecule has 0 unspecified atom stereocenters. The number of hydrogen-bond donors (Lipinski definition) is 0. The van der Waals surface area contributed by atoms with E-state index >= 15 is 0 Å². The van der Waals surface area contributed by atoms with E-state index in [1.807, 2.05) is 31.2 Å². The van der Waals surface area contributed by atoms with E-state index in [2.05, 4.69) is 10.1 Å². The molecular formula is C21H19N5O6. The van der Waals surface area contributed by atoms with Gasteiger partial charge in [-0.1, -0.05) is 17.3 Å². The van der Waals surface area contributed by atoms with Crippen molar-refractivity contribution >= 4 is 22.7 Å². The van der Waals surface area contributed by atoms with Crippen LogP contribution in [0.15, 0.2) is 57.8 Å². The van der Waals surface area contributed by atoms with Crippen LogP contribution in [0.1, 0.15) is 19.2 Å². The first-order chi connectivity index (χ1) is 15.5. The molecule has 2 aromatic heterocycles. The van der Waals surface area contributed by atoms with E-state index in [1.165, 1.54) is 24.3 Å². The molecule has 0 aliphatic rings. The maximum absolute atomic E-state index is 12.6. The van der Waals surface area contributed by atoms with Gasteiger partial charge in [-0.05, 0) is 31.2 Å². The van der Waals surface area contributed by atoms with E-state index in [0.29, 0.717) is 12.1 Å². The number of rotatable bonds is 8. The van der Waals surface area contributed by atoms with Crippen molar-refractivity contribution in [2.45, 2.75) is 33.0 Å². The molecule has 164 valence electrons. The largest absolute Gasteiger partial charge is 0.456 e. The smallest absolute Gasteiger partial charge is 0.329 e. The van der Waals surface area contributed by atoms with Crippen LogP contribution in [0, 0.1) is 10.1 Å². The number of non-ortho nitro benzene ring substituents is 1. The minimum absolute atomic E-state index is 0.000968. The number of nitrogens with zero attached hydrogens (tertiary/aromatic N) is 5. The fraction of sp³-hybridized carbons (Fsp3) is 0.238. The third kappa shape index (κ3) is 4.13. The van der Waals surface area contributed by atoms with Crippen LogP contribution in [-0.4, -0.2) is 30.2 Å². The Bertz CT molecular complexity index is 1330. The van der Waals surface area contributed by atoms with Gasteiger partial charge in [-0.15, -0.1) is 0 Å². The van der Waals surface area contributed by atoms with Crippen LogP contribution in [0.5, 0.6) is 0 Å². The van der Waals surface area contributed by atoms with Gasteiger partial charge in [0.15, 0.2) is 6.61 Å². The van der Waals surface area contributed by atoms with Crippen molar-refractivity contribution in [1.82, 2.24) is 19.3 Å².